The molecule has 2 aromatic carbocycles. The maximum Gasteiger partial charge on any atom is 0.417 e. The lowest BCUT2D eigenvalue weighted by Gasteiger charge is -2.15. The predicted molar refractivity (Wildman–Crippen MR) is 117 cm³/mol. The Labute approximate surface area is 191 Å². The van der Waals surface area contributed by atoms with Crippen molar-refractivity contribution in [1.29, 1.82) is 0 Å². The summed E-state index contributed by atoms with van der Waals surface area (Å²) in [5.41, 5.74) is 4.44. The molecule has 0 radical (unpaired) electrons. The van der Waals surface area contributed by atoms with E-state index in [1.807, 2.05) is 0 Å². The van der Waals surface area contributed by atoms with Crippen LogP contribution in [-0.2, 0) is 19.8 Å². The molecule has 2 heterocycles. The number of nitrogens with one attached hydrogen (secondary N) is 1. The van der Waals surface area contributed by atoms with Gasteiger partial charge in [-0.1, -0.05) is 30.3 Å². The lowest BCUT2D eigenvalue weighted by Crippen LogP contribution is -2.18. The first-order valence-corrected chi connectivity index (χ1v) is 10.0. The van der Waals surface area contributed by atoms with Crippen LogP contribution in [0, 0.1) is 5.82 Å². The molecular weight excluding hydrogens is 452 g/mol. The monoisotopic (exact) mass is 470 g/mol. The zero-order valence-corrected chi connectivity index (χ0v) is 17.8. The van der Waals surface area contributed by atoms with Gasteiger partial charge in [0.25, 0.3) is 5.91 Å². The molecule has 0 aliphatic carbocycles. The number of hydrogen-bond acceptors (Lipinski definition) is 5. The fourth-order valence-corrected chi connectivity index (χ4v) is 3.37. The number of nitrogens with zero attached hydrogens (tertiary/aromatic N) is 4. The summed E-state index contributed by atoms with van der Waals surface area (Å²) in [4.78, 5) is 21.4. The van der Waals surface area contributed by atoms with E-state index in [4.69, 9.17) is 5.73 Å². The second kappa shape index (κ2) is 9.02. The Morgan fingerprint density at radius 2 is 1.88 bits per heavy atom. The smallest absolute Gasteiger partial charge is 0.324 e. The van der Waals surface area contributed by atoms with Gasteiger partial charge in [-0.2, -0.15) is 18.3 Å². The quantitative estimate of drug-likeness (QED) is 0.421. The second-order valence-corrected chi connectivity index (χ2v) is 7.32. The van der Waals surface area contributed by atoms with Crippen LogP contribution in [0.3, 0.4) is 0 Å². The SMILES string of the molecule is Cn1ccc(-c2cc(C(=O)Nc3cnc(CN)nc3-c3ccccc3)c(F)cc2C(F)(F)F)n1. The molecule has 3 N–H and O–H groups in total. The fourth-order valence-electron chi connectivity index (χ4n) is 3.37. The van der Waals surface area contributed by atoms with Gasteiger partial charge in [0.1, 0.15) is 11.6 Å². The minimum Gasteiger partial charge on any atom is -0.324 e. The number of amides is 1. The molecule has 0 aliphatic heterocycles. The molecule has 0 saturated carbocycles. The van der Waals surface area contributed by atoms with E-state index >= 15 is 0 Å². The van der Waals surface area contributed by atoms with Crippen LogP contribution in [0.15, 0.2) is 60.9 Å². The van der Waals surface area contributed by atoms with Crippen molar-refractivity contribution in [3.63, 3.8) is 0 Å². The summed E-state index contributed by atoms with van der Waals surface area (Å²) in [5, 5.41) is 6.48. The van der Waals surface area contributed by atoms with Crippen LogP contribution in [0.25, 0.3) is 22.5 Å². The van der Waals surface area contributed by atoms with Gasteiger partial charge in [0.2, 0.25) is 0 Å². The summed E-state index contributed by atoms with van der Waals surface area (Å²) in [7, 11) is 1.53. The third-order valence-corrected chi connectivity index (χ3v) is 4.96. The Bertz CT molecular complexity index is 1350. The highest BCUT2D eigenvalue weighted by molar-refractivity contribution is 6.06. The van der Waals surface area contributed by atoms with E-state index in [1.54, 1.807) is 30.3 Å². The molecule has 0 spiro atoms. The molecule has 0 bridgehead atoms. The summed E-state index contributed by atoms with van der Waals surface area (Å²) in [6, 6.07) is 11.3. The average Bonchev–Trinajstić information content (AvgIpc) is 3.25. The summed E-state index contributed by atoms with van der Waals surface area (Å²) in [6.45, 7) is 0.0506. The summed E-state index contributed by atoms with van der Waals surface area (Å²) < 4.78 is 56.8. The first-order chi connectivity index (χ1) is 16.2. The van der Waals surface area contributed by atoms with Crippen LogP contribution >= 0.6 is 0 Å². The molecule has 0 fully saturated rings. The average molecular weight is 470 g/mol. The van der Waals surface area contributed by atoms with Crippen molar-refractivity contribution in [2.24, 2.45) is 12.8 Å². The highest BCUT2D eigenvalue weighted by Gasteiger charge is 2.36. The van der Waals surface area contributed by atoms with Crippen LogP contribution in [0.4, 0.5) is 23.2 Å². The van der Waals surface area contributed by atoms with Crippen molar-refractivity contribution < 1.29 is 22.4 Å². The number of nitrogens with two attached hydrogens (primary N) is 1. The first kappa shape index (κ1) is 23.1. The van der Waals surface area contributed by atoms with Gasteiger partial charge in [-0.3, -0.25) is 9.48 Å². The Hall–Kier alpha value is -4.12. The molecule has 11 heteroatoms. The summed E-state index contributed by atoms with van der Waals surface area (Å²) >= 11 is 0. The minimum atomic E-state index is -4.85. The predicted octanol–water partition coefficient (Wildman–Crippen LogP) is 4.41. The van der Waals surface area contributed by atoms with E-state index in [0.29, 0.717) is 23.1 Å². The van der Waals surface area contributed by atoms with Gasteiger partial charge < -0.3 is 11.1 Å². The van der Waals surface area contributed by atoms with Gasteiger partial charge in [-0.05, 0) is 18.2 Å². The number of carbonyl (C=O) groups excluding carboxylic acids is 1. The van der Waals surface area contributed by atoms with Gasteiger partial charge in [-0.15, -0.1) is 0 Å². The maximum atomic E-state index is 14.7. The molecule has 174 valence electrons. The molecule has 4 rings (SSSR count). The van der Waals surface area contributed by atoms with Crippen molar-refractivity contribution in [3.8, 4) is 22.5 Å². The number of rotatable bonds is 5. The van der Waals surface area contributed by atoms with Crippen LogP contribution in [0.2, 0.25) is 0 Å². The lowest BCUT2D eigenvalue weighted by molar-refractivity contribution is -0.137. The van der Waals surface area contributed by atoms with E-state index in [9.17, 15) is 22.4 Å². The molecule has 4 aromatic rings. The molecule has 0 atom stereocenters. The lowest BCUT2D eigenvalue weighted by atomic mass is 9.99. The van der Waals surface area contributed by atoms with Crippen molar-refractivity contribution >= 4 is 11.6 Å². The Kier molecular flexibility index (Phi) is 6.12. The van der Waals surface area contributed by atoms with Crippen LogP contribution in [0.5, 0.6) is 0 Å². The van der Waals surface area contributed by atoms with Crippen LogP contribution in [0.1, 0.15) is 21.7 Å². The van der Waals surface area contributed by atoms with Crippen molar-refractivity contribution in [2.75, 3.05) is 5.32 Å². The Balaban J connectivity index is 1.78. The third-order valence-electron chi connectivity index (χ3n) is 4.96. The standard InChI is InChI=1S/C23H18F4N6O/c1-33-8-7-18(32-33)14-9-15(17(24)10-16(14)23(25,26)27)22(34)30-19-12-29-20(11-28)31-21(19)13-5-3-2-4-6-13/h2-10,12H,11,28H2,1H3,(H,30,34). The van der Waals surface area contributed by atoms with Crippen LogP contribution < -0.4 is 11.1 Å². The molecule has 0 unspecified atom stereocenters. The molecular formula is C23H18F4N6O. The van der Waals surface area contributed by atoms with Gasteiger partial charge >= 0.3 is 6.18 Å². The van der Waals surface area contributed by atoms with E-state index in [1.165, 1.54) is 30.2 Å². The summed E-state index contributed by atoms with van der Waals surface area (Å²) in [5.74, 6) is -1.98. The van der Waals surface area contributed by atoms with Gasteiger partial charge in [0.05, 0.1) is 40.9 Å². The van der Waals surface area contributed by atoms with Gasteiger partial charge in [-0.25, -0.2) is 14.4 Å². The number of aromatic nitrogens is 4. The highest BCUT2D eigenvalue weighted by atomic mass is 19.4. The second-order valence-electron chi connectivity index (χ2n) is 7.32. The molecule has 0 aliphatic rings. The largest absolute Gasteiger partial charge is 0.417 e. The normalized spacial score (nSPS) is 11.5. The highest BCUT2D eigenvalue weighted by Crippen LogP contribution is 2.38. The van der Waals surface area contributed by atoms with E-state index < -0.39 is 34.6 Å². The van der Waals surface area contributed by atoms with Gasteiger partial charge in [0.15, 0.2) is 0 Å². The Morgan fingerprint density at radius 3 is 2.50 bits per heavy atom. The molecule has 34 heavy (non-hydrogen) atoms. The topological polar surface area (TPSA) is 98.7 Å². The summed E-state index contributed by atoms with van der Waals surface area (Å²) in [6.07, 6.45) is -2.09. The first-order valence-electron chi connectivity index (χ1n) is 10.0. The molecule has 7 nitrogen and oxygen atoms in total. The number of anilines is 1. The molecule has 1 amide bonds. The molecule has 2 aromatic heterocycles. The van der Waals surface area contributed by atoms with Crippen molar-refractivity contribution in [1.82, 2.24) is 19.7 Å². The van der Waals surface area contributed by atoms with E-state index in [2.05, 4.69) is 20.4 Å². The molecule has 0 saturated heterocycles. The number of halogens is 4. The van der Waals surface area contributed by atoms with E-state index in [0.717, 1.165) is 6.07 Å². The fraction of sp³-hybridized carbons (Fsp3) is 0.130. The van der Waals surface area contributed by atoms with Crippen molar-refractivity contribution in [3.05, 3.63) is 83.7 Å². The third kappa shape index (κ3) is 4.64. The zero-order chi connectivity index (χ0) is 24.5. The number of alkyl halides is 3. The number of aryl methyl sites for hydroxylation is 1. The van der Waals surface area contributed by atoms with Gasteiger partial charge in [0, 0.05) is 24.4 Å². The van der Waals surface area contributed by atoms with E-state index in [-0.39, 0.29) is 17.9 Å². The van der Waals surface area contributed by atoms with Crippen LogP contribution in [-0.4, -0.2) is 25.7 Å². The number of carbonyl (C=O) groups is 1. The minimum absolute atomic E-state index is 0.0506. The Morgan fingerprint density at radius 1 is 1.15 bits per heavy atom. The zero-order valence-electron chi connectivity index (χ0n) is 17.8. The number of benzene rings is 2. The number of hydrogen-bond donors (Lipinski definition) is 2. The maximum absolute atomic E-state index is 14.7. The van der Waals surface area contributed by atoms with Crippen molar-refractivity contribution in [2.45, 2.75) is 12.7 Å².